The Hall–Kier alpha value is -2.41. The lowest BCUT2D eigenvalue weighted by atomic mass is 10.1. The Bertz CT molecular complexity index is 1020. The zero-order valence-electron chi connectivity index (χ0n) is 15.6. The lowest BCUT2D eigenvalue weighted by molar-refractivity contribution is 0.182. The Balaban J connectivity index is 1.71. The largest absolute Gasteiger partial charge is 0.464 e. The van der Waals surface area contributed by atoms with Gasteiger partial charge >= 0.3 is 0 Å². The second kappa shape index (κ2) is 7.68. The van der Waals surface area contributed by atoms with E-state index in [1.165, 1.54) is 0 Å². The first-order valence-corrected chi connectivity index (χ1v) is 10.2. The zero-order chi connectivity index (χ0) is 19.6. The van der Waals surface area contributed by atoms with Gasteiger partial charge in [0.05, 0.1) is 17.3 Å². The molecule has 1 atom stereocenters. The van der Waals surface area contributed by atoms with Crippen LogP contribution >= 0.6 is 0 Å². The molecule has 142 valence electrons. The fraction of sp³-hybridized carbons (Fsp3) is 0.238. The molecule has 0 fully saturated rings. The van der Waals surface area contributed by atoms with Crippen molar-refractivity contribution < 1.29 is 17.9 Å². The van der Waals surface area contributed by atoms with Crippen LogP contribution in [0, 0.1) is 20.8 Å². The molecule has 1 heterocycles. The van der Waals surface area contributed by atoms with Crippen molar-refractivity contribution in [2.24, 2.45) is 0 Å². The Morgan fingerprint density at radius 1 is 1.00 bits per heavy atom. The number of furan rings is 1. The van der Waals surface area contributed by atoms with Crippen molar-refractivity contribution in [2.45, 2.75) is 31.8 Å². The molecule has 5 nitrogen and oxygen atoms in total. The van der Waals surface area contributed by atoms with Crippen molar-refractivity contribution in [3.05, 3.63) is 77.0 Å². The van der Waals surface area contributed by atoms with Crippen LogP contribution in [-0.2, 0) is 10.0 Å². The minimum absolute atomic E-state index is 0.102. The van der Waals surface area contributed by atoms with E-state index in [0.29, 0.717) is 11.1 Å². The number of aliphatic hydroxyl groups is 1. The normalized spacial score (nSPS) is 12.9. The van der Waals surface area contributed by atoms with Gasteiger partial charge in [0.1, 0.15) is 5.76 Å². The van der Waals surface area contributed by atoms with Crippen LogP contribution in [0.1, 0.15) is 28.4 Å². The van der Waals surface area contributed by atoms with E-state index in [0.717, 1.165) is 22.5 Å². The third kappa shape index (κ3) is 4.30. The van der Waals surface area contributed by atoms with Crippen LogP contribution in [0.2, 0.25) is 0 Å². The van der Waals surface area contributed by atoms with Crippen molar-refractivity contribution in [1.82, 2.24) is 4.72 Å². The fourth-order valence-corrected chi connectivity index (χ4v) is 4.27. The molecule has 0 amide bonds. The summed E-state index contributed by atoms with van der Waals surface area (Å²) in [5.74, 6) is 0.738. The van der Waals surface area contributed by atoms with Crippen LogP contribution in [0.25, 0.3) is 11.3 Å². The first-order chi connectivity index (χ1) is 12.8. The SMILES string of the molecule is Cc1cc(C)c(S(=O)(=O)NC[C@@H](O)c2ccc(-c3ccco3)cc2)cc1C. The van der Waals surface area contributed by atoms with Gasteiger partial charge < -0.3 is 9.52 Å². The smallest absolute Gasteiger partial charge is 0.240 e. The third-order valence-electron chi connectivity index (χ3n) is 4.65. The standard InChI is InChI=1S/C21H23NO4S/c1-14-11-16(3)21(12-15(14)2)27(24,25)22-13-19(23)17-6-8-18(9-7-17)20-5-4-10-26-20/h4-12,19,22-23H,13H2,1-3H3/t19-/m1/s1. The summed E-state index contributed by atoms with van der Waals surface area (Å²) in [5.41, 5.74) is 4.16. The van der Waals surface area contributed by atoms with Gasteiger partial charge in [0.25, 0.3) is 0 Å². The fourth-order valence-electron chi connectivity index (χ4n) is 2.92. The summed E-state index contributed by atoms with van der Waals surface area (Å²) in [7, 11) is -3.70. The number of aliphatic hydroxyl groups excluding tert-OH is 1. The molecule has 0 bridgehead atoms. The number of sulfonamides is 1. The van der Waals surface area contributed by atoms with E-state index < -0.39 is 16.1 Å². The number of hydrogen-bond acceptors (Lipinski definition) is 4. The number of benzene rings is 2. The Labute approximate surface area is 159 Å². The van der Waals surface area contributed by atoms with Gasteiger partial charge in [-0.25, -0.2) is 13.1 Å². The van der Waals surface area contributed by atoms with Crippen molar-refractivity contribution in [3.63, 3.8) is 0 Å². The maximum atomic E-state index is 12.6. The van der Waals surface area contributed by atoms with Crippen molar-refractivity contribution in [1.29, 1.82) is 0 Å². The van der Waals surface area contributed by atoms with Crippen molar-refractivity contribution >= 4 is 10.0 Å². The summed E-state index contributed by atoms with van der Waals surface area (Å²) in [6.07, 6.45) is 0.652. The summed E-state index contributed by atoms with van der Waals surface area (Å²) < 4.78 is 33.1. The highest BCUT2D eigenvalue weighted by atomic mass is 32.2. The van der Waals surface area contributed by atoms with Crippen LogP contribution in [0.15, 0.2) is 64.1 Å². The molecule has 6 heteroatoms. The van der Waals surface area contributed by atoms with Crippen molar-refractivity contribution in [2.75, 3.05) is 6.54 Å². The number of aryl methyl sites for hydroxylation is 3. The maximum Gasteiger partial charge on any atom is 0.240 e. The van der Waals surface area contributed by atoms with E-state index >= 15 is 0 Å². The topological polar surface area (TPSA) is 79.5 Å². The quantitative estimate of drug-likeness (QED) is 0.675. The van der Waals surface area contributed by atoms with Gasteiger partial charge in [0, 0.05) is 12.1 Å². The van der Waals surface area contributed by atoms with Crippen molar-refractivity contribution in [3.8, 4) is 11.3 Å². The Morgan fingerprint density at radius 2 is 1.67 bits per heavy atom. The molecule has 1 aromatic heterocycles. The van der Waals surface area contributed by atoms with Gasteiger partial charge in [-0.3, -0.25) is 0 Å². The average Bonchev–Trinajstić information content (AvgIpc) is 3.17. The van der Waals surface area contributed by atoms with Crippen LogP contribution in [0.3, 0.4) is 0 Å². The first kappa shape index (κ1) is 19.4. The Kier molecular flexibility index (Phi) is 5.51. The van der Waals surface area contributed by atoms with Gasteiger partial charge in [0.15, 0.2) is 0 Å². The van der Waals surface area contributed by atoms with Gasteiger partial charge in [-0.2, -0.15) is 0 Å². The van der Waals surface area contributed by atoms with Gasteiger partial charge in [-0.15, -0.1) is 0 Å². The molecular formula is C21H23NO4S. The monoisotopic (exact) mass is 385 g/mol. The molecule has 0 aliphatic heterocycles. The predicted octanol–water partition coefficient (Wildman–Crippen LogP) is 3.88. The molecule has 0 aliphatic carbocycles. The molecule has 0 radical (unpaired) electrons. The molecule has 0 aliphatic rings. The zero-order valence-corrected chi connectivity index (χ0v) is 16.4. The van der Waals surface area contributed by atoms with E-state index in [2.05, 4.69) is 4.72 Å². The van der Waals surface area contributed by atoms with Crippen LogP contribution in [-0.4, -0.2) is 20.1 Å². The molecule has 0 saturated carbocycles. The molecular weight excluding hydrogens is 362 g/mol. The van der Waals surface area contributed by atoms with Gasteiger partial charge in [0.2, 0.25) is 10.0 Å². The summed E-state index contributed by atoms with van der Waals surface area (Å²) >= 11 is 0. The summed E-state index contributed by atoms with van der Waals surface area (Å²) in [5, 5.41) is 10.4. The maximum absolute atomic E-state index is 12.6. The molecule has 3 rings (SSSR count). The minimum atomic E-state index is -3.70. The summed E-state index contributed by atoms with van der Waals surface area (Å²) in [6.45, 7) is 5.49. The van der Waals surface area contributed by atoms with Crippen LogP contribution in [0.4, 0.5) is 0 Å². The highest BCUT2D eigenvalue weighted by Gasteiger charge is 2.19. The minimum Gasteiger partial charge on any atom is -0.464 e. The van der Waals surface area contributed by atoms with E-state index in [-0.39, 0.29) is 11.4 Å². The Morgan fingerprint density at radius 3 is 2.30 bits per heavy atom. The molecule has 2 aromatic carbocycles. The number of hydrogen-bond donors (Lipinski definition) is 2. The number of rotatable bonds is 6. The van der Waals surface area contributed by atoms with E-state index in [1.54, 1.807) is 31.4 Å². The summed E-state index contributed by atoms with van der Waals surface area (Å²) in [4.78, 5) is 0.242. The molecule has 3 aromatic rings. The second-order valence-corrected chi connectivity index (χ2v) is 8.40. The lowest BCUT2D eigenvalue weighted by Crippen LogP contribution is -2.29. The predicted molar refractivity (Wildman–Crippen MR) is 105 cm³/mol. The molecule has 2 N–H and O–H groups in total. The summed E-state index contributed by atoms with van der Waals surface area (Å²) in [6, 6.07) is 14.4. The third-order valence-corrected chi connectivity index (χ3v) is 6.21. The van der Waals surface area contributed by atoms with E-state index in [9.17, 15) is 13.5 Å². The van der Waals surface area contributed by atoms with Gasteiger partial charge in [-0.1, -0.05) is 30.3 Å². The molecule has 27 heavy (non-hydrogen) atoms. The van der Waals surface area contributed by atoms with E-state index in [1.807, 2.05) is 44.2 Å². The first-order valence-electron chi connectivity index (χ1n) is 8.67. The molecule has 0 unspecified atom stereocenters. The van der Waals surface area contributed by atoms with Gasteiger partial charge in [-0.05, 0) is 61.2 Å². The molecule has 0 spiro atoms. The number of nitrogens with one attached hydrogen (secondary N) is 1. The highest BCUT2D eigenvalue weighted by molar-refractivity contribution is 7.89. The lowest BCUT2D eigenvalue weighted by Gasteiger charge is -2.15. The molecule has 0 saturated heterocycles. The average molecular weight is 385 g/mol. The van der Waals surface area contributed by atoms with E-state index in [4.69, 9.17) is 4.42 Å². The van der Waals surface area contributed by atoms with Crippen LogP contribution in [0.5, 0.6) is 0 Å². The second-order valence-electron chi connectivity index (χ2n) is 6.67. The van der Waals surface area contributed by atoms with Crippen LogP contribution < -0.4 is 4.72 Å². The highest BCUT2D eigenvalue weighted by Crippen LogP contribution is 2.23.